The van der Waals surface area contributed by atoms with Gasteiger partial charge in [-0.2, -0.15) is 0 Å². The van der Waals surface area contributed by atoms with Crippen molar-refractivity contribution in [1.82, 2.24) is 4.90 Å². The van der Waals surface area contributed by atoms with Gasteiger partial charge in [0.05, 0.1) is 13.2 Å². The number of aryl methyl sites for hydroxylation is 1. The van der Waals surface area contributed by atoms with E-state index in [2.05, 4.69) is 0 Å². The number of hydrogen-bond donors (Lipinski definition) is 1. The van der Waals surface area contributed by atoms with Crippen LogP contribution in [0.3, 0.4) is 0 Å². The highest BCUT2D eigenvalue weighted by molar-refractivity contribution is 5.85. The first-order chi connectivity index (χ1) is 11.6. The molecule has 4 nitrogen and oxygen atoms in total. The zero-order valence-corrected chi connectivity index (χ0v) is 14.7. The van der Waals surface area contributed by atoms with Crippen LogP contribution in [0.25, 0.3) is 0 Å². The number of nitrogen functional groups attached to an aromatic ring is 1. The molecule has 25 heavy (non-hydrogen) atoms. The highest BCUT2D eigenvalue weighted by Crippen LogP contribution is 2.23. The Balaban J connectivity index is 0.00000225. The van der Waals surface area contributed by atoms with E-state index in [0.29, 0.717) is 32.5 Å². The maximum atomic E-state index is 13.0. The van der Waals surface area contributed by atoms with Gasteiger partial charge in [0.1, 0.15) is 11.9 Å². The van der Waals surface area contributed by atoms with Gasteiger partial charge in [0.15, 0.2) is 0 Å². The van der Waals surface area contributed by atoms with E-state index in [1.807, 2.05) is 29.2 Å². The van der Waals surface area contributed by atoms with E-state index < -0.39 is 0 Å². The van der Waals surface area contributed by atoms with Gasteiger partial charge in [-0.15, -0.1) is 12.4 Å². The maximum Gasteiger partial charge on any atom is 0.223 e. The SMILES string of the molecule is Cl.Nc1ccccc1CCC(=O)N1CCOC(c2ccc(F)cc2)C1. The van der Waals surface area contributed by atoms with Crippen LogP contribution in [0.5, 0.6) is 0 Å². The van der Waals surface area contributed by atoms with E-state index in [0.717, 1.165) is 16.8 Å². The van der Waals surface area contributed by atoms with Gasteiger partial charge in [0.25, 0.3) is 0 Å². The molecule has 2 N–H and O–H groups in total. The number of halogens is 2. The highest BCUT2D eigenvalue weighted by Gasteiger charge is 2.25. The number of anilines is 1. The lowest BCUT2D eigenvalue weighted by molar-refractivity contribution is -0.139. The van der Waals surface area contributed by atoms with Crippen LogP contribution in [-0.4, -0.2) is 30.5 Å². The lowest BCUT2D eigenvalue weighted by Crippen LogP contribution is -2.42. The molecule has 6 heteroatoms. The molecule has 2 aromatic carbocycles. The molecule has 1 saturated heterocycles. The fourth-order valence-electron chi connectivity index (χ4n) is 2.92. The minimum atomic E-state index is -0.275. The number of ether oxygens (including phenoxy) is 1. The minimum Gasteiger partial charge on any atom is -0.399 e. The average molecular weight is 365 g/mol. The molecular formula is C19H22ClFN2O2. The van der Waals surface area contributed by atoms with Crippen molar-refractivity contribution >= 4 is 24.0 Å². The van der Waals surface area contributed by atoms with Crippen molar-refractivity contribution in [1.29, 1.82) is 0 Å². The third kappa shape index (κ3) is 4.94. The van der Waals surface area contributed by atoms with Crippen LogP contribution in [0.2, 0.25) is 0 Å². The fraction of sp³-hybridized carbons (Fsp3) is 0.316. The lowest BCUT2D eigenvalue weighted by atomic mass is 10.1. The van der Waals surface area contributed by atoms with Crippen molar-refractivity contribution in [2.24, 2.45) is 0 Å². The van der Waals surface area contributed by atoms with Gasteiger partial charge in [0.2, 0.25) is 5.91 Å². The normalized spacial score (nSPS) is 17.0. The number of nitrogens with two attached hydrogens (primary N) is 1. The Morgan fingerprint density at radius 1 is 1.20 bits per heavy atom. The van der Waals surface area contributed by atoms with Crippen LogP contribution in [0, 0.1) is 5.82 Å². The molecule has 1 heterocycles. The Kier molecular flexibility index (Phi) is 6.79. The number of benzene rings is 2. The molecule has 0 bridgehead atoms. The molecule has 1 atom stereocenters. The van der Waals surface area contributed by atoms with Crippen LogP contribution in [0.1, 0.15) is 23.7 Å². The van der Waals surface area contributed by atoms with E-state index in [9.17, 15) is 9.18 Å². The summed E-state index contributed by atoms with van der Waals surface area (Å²) in [5.41, 5.74) is 8.52. The van der Waals surface area contributed by atoms with Crippen LogP contribution in [-0.2, 0) is 16.0 Å². The largest absolute Gasteiger partial charge is 0.399 e. The summed E-state index contributed by atoms with van der Waals surface area (Å²) in [6.45, 7) is 1.57. The minimum absolute atomic E-state index is 0. The molecule has 0 aromatic heterocycles. The number of morpholine rings is 1. The lowest BCUT2D eigenvalue weighted by Gasteiger charge is -2.33. The number of hydrogen-bond acceptors (Lipinski definition) is 3. The van der Waals surface area contributed by atoms with Crippen molar-refractivity contribution in [3.05, 3.63) is 65.5 Å². The number of carbonyl (C=O) groups is 1. The third-order valence-corrected chi connectivity index (χ3v) is 4.32. The summed E-state index contributed by atoms with van der Waals surface area (Å²) in [5.74, 6) is -0.184. The molecule has 3 rings (SSSR count). The Labute approximate surface area is 153 Å². The quantitative estimate of drug-likeness (QED) is 0.846. The van der Waals surface area contributed by atoms with E-state index in [-0.39, 0.29) is 30.2 Å². The predicted octanol–water partition coefficient (Wildman–Crippen LogP) is 3.36. The van der Waals surface area contributed by atoms with Gasteiger partial charge < -0.3 is 15.4 Å². The second-order valence-corrected chi connectivity index (χ2v) is 5.95. The monoisotopic (exact) mass is 364 g/mol. The Bertz CT molecular complexity index is 709. The summed E-state index contributed by atoms with van der Waals surface area (Å²) in [5, 5.41) is 0. The van der Waals surface area contributed by atoms with E-state index in [4.69, 9.17) is 10.5 Å². The van der Waals surface area contributed by atoms with Gasteiger partial charge in [-0.25, -0.2) is 4.39 Å². The molecule has 1 amide bonds. The first-order valence-electron chi connectivity index (χ1n) is 8.11. The molecule has 0 aliphatic carbocycles. The zero-order chi connectivity index (χ0) is 16.9. The molecule has 1 unspecified atom stereocenters. The predicted molar refractivity (Wildman–Crippen MR) is 98.1 cm³/mol. The van der Waals surface area contributed by atoms with Crippen LogP contribution in [0.15, 0.2) is 48.5 Å². The number of rotatable bonds is 4. The molecule has 0 saturated carbocycles. The van der Waals surface area contributed by atoms with Crippen LogP contribution < -0.4 is 5.73 Å². The van der Waals surface area contributed by atoms with Gasteiger partial charge in [-0.05, 0) is 35.7 Å². The Morgan fingerprint density at radius 3 is 2.64 bits per heavy atom. The van der Waals surface area contributed by atoms with Crippen LogP contribution >= 0.6 is 12.4 Å². The first kappa shape index (κ1) is 19.2. The van der Waals surface area contributed by atoms with Crippen molar-refractivity contribution < 1.29 is 13.9 Å². The Hall–Kier alpha value is -2.11. The molecule has 1 aliphatic heterocycles. The number of carbonyl (C=O) groups excluding carboxylic acids is 1. The molecule has 0 spiro atoms. The summed E-state index contributed by atoms with van der Waals surface area (Å²) >= 11 is 0. The van der Waals surface area contributed by atoms with Crippen molar-refractivity contribution in [2.45, 2.75) is 18.9 Å². The van der Waals surface area contributed by atoms with E-state index >= 15 is 0 Å². The second kappa shape index (κ2) is 8.83. The zero-order valence-electron chi connectivity index (χ0n) is 13.9. The molecule has 2 aromatic rings. The Morgan fingerprint density at radius 2 is 1.92 bits per heavy atom. The second-order valence-electron chi connectivity index (χ2n) is 5.95. The summed E-state index contributed by atoms with van der Waals surface area (Å²) in [4.78, 5) is 14.3. The summed E-state index contributed by atoms with van der Waals surface area (Å²) in [6.07, 6.45) is 0.846. The topological polar surface area (TPSA) is 55.6 Å². The van der Waals surface area contributed by atoms with Crippen molar-refractivity contribution in [2.75, 3.05) is 25.4 Å². The first-order valence-corrected chi connectivity index (χ1v) is 8.11. The van der Waals surface area contributed by atoms with Crippen molar-refractivity contribution in [3.63, 3.8) is 0 Å². The molecule has 0 radical (unpaired) electrons. The highest BCUT2D eigenvalue weighted by atomic mass is 35.5. The van der Waals surface area contributed by atoms with Gasteiger partial charge in [-0.1, -0.05) is 30.3 Å². The fourth-order valence-corrected chi connectivity index (χ4v) is 2.92. The standard InChI is InChI=1S/C19H21FN2O2.ClH/c20-16-8-5-15(6-9-16)18-13-22(11-12-24-18)19(23)10-7-14-3-1-2-4-17(14)21;/h1-6,8-9,18H,7,10-13,21H2;1H. The number of para-hydroxylation sites is 1. The maximum absolute atomic E-state index is 13.0. The van der Waals surface area contributed by atoms with E-state index in [1.165, 1.54) is 12.1 Å². The molecule has 1 fully saturated rings. The molecular weight excluding hydrogens is 343 g/mol. The van der Waals surface area contributed by atoms with Gasteiger partial charge >= 0.3 is 0 Å². The number of nitrogens with zero attached hydrogens (tertiary/aromatic N) is 1. The molecule has 1 aliphatic rings. The van der Waals surface area contributed by atoms with Gasteiger partial charge in [-0.3, -0.25) is 4.79 Å². The van der Waals surface area contributed by atoms with Gasteiger partial charge in [0, 0.05) is 18.7 Å². The van der Waals surface area contributed by atoms with E-state index in [1.54, 1.807) is 12.1 Å². The van der Waals surface area contributed by atoms with Crippen molar-refractivity contribution in [3.8, 4) is 0 Å². The molecule has 134 valence electrons. The summed E-state index contributed by atoms with van der Waals surface area (Å²) in [6, 6.07) is 13.8. The summed E-state index contributed by atoms with van der Waals surface area (Å²) in [7, 11) is 0. The third-order valence-electron chi connectivity index (χ3n) is 4.32. The average Bonchev–Trinajstić information content (AvgIpc) is 2.61. The smallest absolute Gasteiger partial charge is 0.223 e. The number of amides is 1. The van der Waals surface area contributed by atoms with Crippen LogP contribution in [0.4, 0.5) is 10.1 Å². The summed E-state index contributed by atoms with van der Waals surface area (Å²) < 4.78 is 18.8.